The van der Waals surface area contributed by atoms with Crippen molar-refractivity contribution < 1.29 is 9.47 Å². The summed E-state index contributed by atoms with van der Waals surface area (Å²) in [5.74, 6) is 1.75. The fraction of sp³-hybridized carbons (Fsp3) is 0.294. The van der Waals surface area contributed by atoms with E-state index in [-0.39, 0.29) is 0 Å². The highest BCUT2D eigenvalue weighted by molar-refractivity contribution is 5.78. The van der Waals surface area contributed by atoms with E-state index in [0.29, 0.717) is 26.3 Å². The lowest BCUT2D eigenvalue weighted by molar-refractivity contribution is 0.328. The van der Waals surface area contributed by atoms with Crippen LogP contribution in [0, 0.1) is 0 Å². The Hall–Kier alpha value is -2.04. The molecule has 3 rings (SSSR count). The largest absolute Gasteiger partial charge is 0.492 e. The first-order chi connectivity index (χ1) is 10.3. The molecule has 0 aromatic heterocycles. The van der Waals surface area contributed by atoms with Gasteiger partial charge in [-0.3, -0.25) is 0 Å². The van der Waals surface area contributed by atoms with Crippen LogP contribution in [0.5, 0.6) is 11.5 Å². The number of hydrogen-bond acceptors (Lipinski definition) is 4. The van der Waals surface area contributed by atoms with Gasteiger partial charge in [0.15, 0.2) is 0 Å². The summed E-state index contributed by atoms with van der Waals surface area (Å²) < 4.78 is 11.2. The molecule has 4 nitrogen and oxygen atoms in total. The summed E-state index contributed by atoms with van der Waals surface area (Å²) in [5, 5.41) is 0. The van der Waals surface area contributed by atoms with E-state index in [1.807, 2.05) is 12.1 Å². The SMILES string of the molecule is NCCOc1ccc2c(c1)Cc1ccc(OCCN)cc1-2. The molecule has 0 amide bonds. The molecule has 1 aliphatic carbocycles. The molecule has 0 bridgehead atoms. The highest BCUT2D eigenvalue weighted by Gasteiger charge is 2.19. The topological polar surface area (TPSA) is 70.5 Å². The number of rotatable bonds is 6. The van der Waals surface area contributed by atoms with Crippen molar-refractivity contribution in [2.24, 2.45) is 11.5 Å². The average molecular weight is 284 g/mol. The number of hydrogen-bond donors (Lipinski definition) is 2. The molecule has 2 aromatic carbocycles. The van der Waals surface area contributed by atoms with E-state index >= 15 is 0 Å². The van der Waals surface area contributed by atoms with Crippen LogP contribution in [0.25, 0.3) is 11.1 Å². The minimum absolute atomic E-state index is 0.523. The third-order valence-electron chi connectivity index (χ3n) is 3.60. The Labute approximate surface area is 124 Å². The van der Waals surface area contributed by atoms with Crippen LogP contribution in [0.3, 0.4) is 0 Å². The predicted molar refractivity (Wildman–Crippen MR) is 83.8 cm³/mol. The second kappa shape index (κ2) is 6.16. The Morgan fingerprint density at radius 2 is 1.43 bits per heavy atom. The van der Waals surface area contributed by atoms with Crippen molar-refractivity contribution in [1.29, 1.82) is 0 Å². The molecule has 0 radical (unpaired) electrons. The Bertz CT molecular complexity index is 641. The maximum atomic E-state index is 5.61. The van der Waals surface area contributed by atoms with Gasteiger partial charge in [0.2, 0.25) is 0 Å². The highest BCUT2D eigenvalue weighted by Crippen LogP contribution is 2.40. The molecule has 1 aliphatic rings. The van der Waals surface area contributed by atoms with Gasteiger partial charge in [-0.1, -0.05) is 12.1 Å². The molecule has 0 aliphatic heterocycles. The first kappa shape index (κ1) is 13.9. The summed E-state index contributed by atoms with van der Waals surface area (Å²) in [6.45, 7) is 2.13. The van der Waals surface area contributed by atoms with Gasteiger partial charge < -0.3 is 20.9 Å². The summed E-state index contributed by atoms with van der Waals surface area (Å²) in [6.07, 6.45) is 0.932. The van der Waals surface area contributed by atoms with Gasteiger partial charge in [0, 0.05) is 13.1 Å². The number of benzene rings is 2. The summed E-state index contributed by atoms with van der Waals surface area (Å²) in [7, 11) is 0. The normalized spacial score (nSPS) is 11.9. The van der Waals surface area contributed by atoms with E-state index in [0.717, 1.165) is 17.9 Å². The molecule has 0 saturated carbocycles. The minimum atomic E-state index is 0.523. The number of ether oxygens (including phenoxy) is 2. The molecule has 110 valence electrons. The molecule has 4 N–H and O–H groups in total. The Morgan fingerprint density at radius 3 is 2.14 bits per heavy atom. The fourth-order valence-corrected chi connectivity index (χ4v) is 2.68. The summed E-state index contributed by atoms with van der Waals surface area (Å²) in [6, 6.07) is 12.4. The van der Waals surface area contributed by atoms with Crippen LogP contribution in [0.15, 0.2) is 36.4 Å². The van der Waals surface area contributed by atoms with Gasteiger partial charge in [0.05, 0.1) is 0 Å². The zero-order valence-corrected chi connectivity index (χ0v) is 12.0. The average Bonchev–Trinajstić information content (AvgIpc) is 2.87. The molecular formula is C17H20N2O2. The highest BCUT2D eigenvalue weighted by atomic mass is 16.5. The molecule has 21 heavy (non-hydrogen) atoms. The van der Waals surface area contributed by atoms with E-state index in [1.165, 1.54) is 22.3 Å². The van der Waals surface area contributed by atoms with Gasteiger partial charge in [0.25, 0.3) is 0 Å². The smallest absolute Gasteiger partial charge is 0.120 e. The Morgan fingerprint density at radius 1 is 0.762 bits per heavy atom. The second-order valence-electron chi connectivity index (χ2n) is 5.09. The molecule has 0 heterocycles. The first-order valence-corrected chi connectivity index (χ1v) is 7.24. The van der Waals surface area contributed by atoms with E-state index in [9.17, 15) is 0 Å². The van der Waals surface area contributed by atoms with Gasteiger partial charge in [-0.2, -0.15) is 0 Å². The van der Waals surface area contributed by atoms with Crippen LogP contribution in [0.4, 0.5) is 0 Å². The zero-order chi connectivity index (χ0) is 14.7. The standard InChI is InChI=1S/C17H20N2O2/c18-5-7-20-14-3-4-16-13(10-14)9-12-1-2-15(11-17(12)16)21-8-6-19/h1-4,10-11H,5-9,18-19H2. The molecular weight excluding hydrogens is 264 g/mol. The van der Waals surface area contributed by atoms with Gasteiger partial charge in [0.1, 0.15) is 24.7 Å². The van der Waals surface area contributed by atoms with Crippen LogP contribution in [-0.2, 0) is 6.42 Å². The maximum Gasteiger partial charge on any atom is 0.120 e. The summed E-state index contributed by atoms with van der Waals surface area (Å²) in [5.41, 5.74) is 16.0. The van der Waals surface area contributed by atoms with Crippen LogP contribution in [0.1, 0.15) is 11.1 Å². The minimum Gasteiger partial charge on any atom is -0.492 e. The molecule has 2 aromatic rings. The Kier molecular flexibility index (Phi) is 4.08. The van der Waals surface area contributed by atoms with Crippen molar-refractivity contribution >= 4 is 0 Å². The van der Waals surface area contributed by atoms with Gasteiger partial charge >= 0.3 is 0 Å². The van der Waals surface area contributed by atoms with E-state index in [1.54, 1.807) is 0 Å². The van der Waals surface area contributed by atoms with Gasteiger partial charge in [-0.25, -0.2) is 0 Å². The third kappa shape index (κ3) is 2.86. The van der Waals surface area contributed by atoms with Crippen molar-refractivity contribution in [1.82, 2.24) is 0 Å². The molecule has 0 unspecified atom stereocenters. The van der Waals surface area contributed by atoms with Crippen LogP contribution >= 0.6 is 0 Å². The summed E-state index contributed by atoms with van der Waals surface area (Å²) >= 11 is 0. The summed E-state index contributed by atoms with van der Waals surface area (Å²) in [4.78, 5) is 0. The van der Waals surface area contributed by atoms with Crippen molar-refractivity contribution in [3.8, 4) is 22.6 Å². The van der Waals surface area contributed by atoms with E-state index in [2.05, 4.69) is 24.3 Å². The van der Waals surface area contributed by atoms with Crippen molar-refractivity contribution in [3.05, 3.63) is 47.5 Å². The van der Waals surface area contributed by atoms with Crippen molar-refractivity contribution in [2.45, 2.75) is 6.42 Å². The van der Waals surface area contributed by atoms with Crippen molar-refractivity contribution in [3.63, 3.8) is 0 Å². The fourth-order valence-electron chi connectivity index (χ4n) is 2.68. The molecule has 0 atom stereocenters. The lowest BCUT2D eigenvalue weighted by atomic mass is 10.1. The lowest BCUT2D eigenvalue weighted by Gasteiger charge is -2.08. The van der Waals surface area contributed by atoms with E-state index in [4.69, 9.17) is 20.9 Å². The van der Waals surface area contributed by atoms with Crippen LogP contribution in [0.2, 0.25) is 0 Å². The molecule has 0 fully saturated rings. The zero-order valence-electron chi connectivity index (χ0n) is 12.0. The lowest BCUT2D eigenvalue weighted by Crippen LogP contribution is -2.10. The predicted octanol–water partition coefficient (Wildman–Crippen LogP) is 1.93. The molecule has 0 spiro atoms. The molecule has 4 heteroatoms. The van der Waals surface area contributed by atoms with Crippen molar-refractivity contribution in [2.75, 3.05) is 26.3 Å². The van der Waals surface area contributed by atoms with Gasteiger partial charge in [-0.15, -0.1) is 0 Å². The number of fused-ring (bicyclic) bond motifs is 3. The van der Waals surface area contributed by atoms with Gasteiger partial charge in [-0.05, 0) is 52.9 Å². The van der Waals surface area contributed by atoms with E-state index < -0.39 is 0 Å². The maximum absolute atomic E-state index is 5.61. The first-order valence-electron chi connectivity index (χ1n) is 7.24. The van der Waals surface area contributed by atoms with Crippen LogP contribution in [-0.4, -0.2) is 26.3 Å². The number of nitrogens with two attached hydrogens (primary N) is 2. The third-order valence-corrected chi connectivity index (χ3v) is 3.60. The second-order valence-corrected chi connectivity index (χ2v) is 5.09. The monoisotopic (exact) mass is 284 g/mol. The van der Waals surface area contributed by atoms with Crippen LogP contribution < -0.4 is 20.9 Å². The Balaban J connectivity index is 1.86. The quantitative estimate of drug-likeness (QED) is 0.725. The molecule has 0 saturated heterocycles.